The van der Waals surface area contributed by atoms with Crippen LogP contribution in [0.4, 0.5) is 15.8 Å². The number of rotatable bonds is 12. The highest BCUT2D eigenvalue weighted by molar-refractivity contribution is 6.74. The molecule has 1 N–H and O–H groups in total. The van der Waals surface area contributed by atoms with E-state index < -0.39 is 8.32 Å². The molecule has 0 amide bonds. The van der Waals surface area contributed by atoms with E-state index in [0.29, 0.717) is 18.9 Å². The average molecular weight is 538 g/mol. The fourth-order valence-electron chi connectivity index (χ4n) is 3.73. The Kier molecular flexibility index (Phi) is 10.0. The van der Waals surface area contributed by atoms with Crippen LogP contribution in [-0.4, -0.2) is 27.6 Å². The van der Waals surface area contributed by atoms with Gasteiger partial charge in [-0.25, -0.2) is 4.39 Å². The van der Waals surface area contributed by atoms with Gasteiger partial charge in [-0.15, -0.1) is 0 Å². The lowest BCUT2D eigenvalue weighted by Crippen LogP contribution is -2.41. The number of hydrogen-bond acceptors (Lipinski definition) is 4. The van der Waals surface area contributed by atoms with Crippen LogP contribution in [0.5, 0.6) is 11.5 Å². The summed E-state index contributed by atoms with van der Waals surface area (Å²) in [5.41, 5.74) is 5.08. The Balaban J connectivity index is 1.72. The molecule has 3 aromatic carbocycles. The molecule has 206 valence electrons. The van der Waals surface area contributed by atoms with Gasteiger partial charge in [-0.3, -0.25) is 0 Å². The van der Waals surface area contributed by atoms with Gasteiger partial charge < -0.3 is 19.2 Å². The fraction of sp³-hybridized carbons (Fsp3) is 0.438. The molecule has 0 heterocycles. The van der Waals surface area contributed by atoms with E-state index >= 15 is 0 Å². The summed E-state index contributed by atoms with van der Waals surface area (Å²) in [5, 5.41) is 3.59. The van der Waals surface area contributed by atoms with Crippen molar-refractivity contribution in [1.29, 1.82) is 0 Å². The highest BCUT2D eigenvalue weighted by Gasteiger charge is 2.36. The van der Waals surface area contributed by atoms with Gasteiger partial charge in [0.2, 0.25) is 0 Å². The monoisotopic (exact) mass is 537 g/mol. The lowest BCUT2D eigenvalue weighted by molar-refractivity contribution is 0.231. The third-order valence-corrected chi connectivity index (χ3v) is 11.5. The Morgan fingerprint density at radius 3 is 2.26 bits per heavy atom. The second kappa shape index (κ2) is 12.8. The average Bonchev–Trinajstić information content (AvgIpc) is 2.82. The number of nitrogens with one attached hydrogen (secondary N) is 1. The first-order valence-electron chi connectivity index (χ1n) is 13.5. The summed E-state index contributed by atoms with van der Waals surface area (Å²) in [5.74, 6) is 0.687. The van der Waals surface area contributed by atoms with Crippen molar-refractivity contribution in [2.45, 2.75) is 78.6 Å². The van der Waals surface area contributed by atoms with Crippen LogP contribution in [0.25, 0.3) is 0 Å². The molecule has 0 aliphatic carbocycles. The van der Waals surface area contributed by atoms with Crippen LogP contribution < -0.4 is 14.8 Å². The van der Waals surface area contributed by atoms with Crippen molar-refractivity contribution in [2.24, 2.45) is 0 Å². The molecule has 0 radical (unpaired) electrons. The zero-order chi connectivity index (χ0) is 27.9. The molecule has 3 aromatic rings. The Labute approximate surface area is 229 Å². The number of hydrogen-bond donors (Lipinski definition) is 1. The summed E-state index contributed by atoms with van der Waals surface area (Å²) in [4.78, 5) is 0. The SMILES string of the molecule is Cc1ccc(Cc2cc(OCCCO[Si](C)(C)C(C)(C)C)ccc2Nc2ccc(OC(C)C)c(F)c2)cc1. The van der Waals surface area contributed by atoms with E-state index in [1.54, 1.807) is 6.07 Å². The zero-order valence-electron chi connectivity index (χ0n) is 24.3. The van der Waals surface area contributed by atoms with Crippen molar-refractivity contribution < 1.29 is 18.3 Å². The van der Waals surface area contributed by atoms with E-state index in [1.165, 1.54) is 17.2 Å². The van der Waals surface area contributed by atoms with Crippen molar-refractivity contribution >= 4 is 19.7 Å². The normalized spacial score (nSPS) is 12.1. The predicted octanol–water partition coefficient (Wildman–Crippen LogP) is 9.05. The van der Waals surface area contributed by atoms with Crippen molar-refractivity contribution in [1.82, 2.24) is 0 Å². The van der Waals surface area contributed by atoms with Gasteiger partial charge in [0.1, 0.15) is 5.75 Å². The molecule has 0 spiro atoms. The van der Waals surface area contributed by atoms with Gasteiger partial charge >= 0.3 is 0 Å². The Morgan fingerprint density at radius 1 is 0.921 bits per heavy atom. The minimum absolute atomic E-state index is 0.0874. The molecule has 0 aliphatic rings. The van der Waals surface area contributed by atoms with E-state index in [9.17, 15) is 4.39 Å². The molecule has 6 heteroatoms. The molecular formula is C32H44FNO3Si. The molecular weight excluding hydrogens is 493 g/mol. The molecule has 0 bridgehead atoms. The number of anilines is 2. The van der Waals surface area contributed by atoms with Gasteiger partial charge in [0.25, 0.3) is 0 Å². The van der Waals surface area contributed by atoms with Gasteiger partial charge in [0.15, 0.2) is 19.9 Å². The van der Waals surface area contributed by atoms with E-state index in [1.807, 2.05) is 32.0 Å². The molecule has 0 saturated carbocycles. The van der Waals surface area contributed by atoms with Gasteiger partial charge in [0.05, 0.1) is 12.7 Å². The van der Waals surface area contributed by atoms with Gasteiger partial charge in [0, 0.05) is 30.5 Å². The highest BCUT2D eigenvalue weighted by Crippen LogP contribution is 2.36. The van der Waals surface area contributed by atoms with Gasteiger partial charge in [-0.05, 0) is 86.8 Å². The highest BCUT2D eigenvalue weighted by atomic mass is 28.4. The van der Waals surface area contributed by atoms with E-state index in [0.717, 1.165) is 29.8 Å². The summed E-state index contributed by atoms with van der Waals surface area (Å²) in [6.45, 7) is 18.4. The van der Waals surface area contributed by atoms with Crippen molar-refractivity contribution in [3.63, 3.8) is 0 Å². The predicted molar refractivity (Wildman–Crippen MR) is 159 cm³/mol. The molecule has 0 atom stereocenters. The van der Waals surface area contributed by atoms with E-state index in [-0.39, 0.29) is 22.7 Å². The number of halogens is 1. The molecule has 0 saturated heterocycles. The quantitative estimate of drug-likeness (QED) is 0.185. The first-order valence-corrected chi connectivity index (χ1v) is 16.4. The van der Waals surface area contributed by atoms with Crippen LogP contribution in [0.15, 0.2) is 60.7 Å². The second-order valence-corrected chi connectivity index (χ2v) is 16.5. The third-order valence-electron chi connectivity index (χ3n) is 6.99. The molecule has 0 unspecified atom stereocenters. The molecule has 3 rings (SSSR count). The van der Waals surface area contributed by atoms with Crippen LogP contribution in [0.2, 0.25) is 18.1 Å². The number of aryl methyl sites for hydroxylation is 1. The van der Waals surface area contributed by atoms with Crippen molar-refractivity contribution in [3.05, 3.63) is 83.2 Å². The minimum atomic E-state index is -1.75. The maximum atomic E-state index is 14.6. The minimum Gasteiger partial charge on any atom is -0.493 e. The van der Waals surface area contributed by atoms with Crippen LogP contribution in [0, 0.1) is 12.7 Å². The summed E-state index contributed by atoms with van der Waals surface area (Å²) >= 11 is 0. The molecule has 0 aliphatic heterocycles. The molecule has 38 heavy (non-hydrogen) atoms. The summed E-state index contributed by atoms with van der Waals surface area (Å²) in [7, 11) is -1.75. The third kappa shape index (κ3) is 8.60. The Morgan fingerprint density at radius 2 is 1.63 bits per heavy atom. The molecule has 0 aromatic heterocycles. The Hall–Kier alpha value is -2.83. The van der Waals surface area contributed by atoms with Crippen LogP contribution in [0.3, 0.4) is 0 Å². The van der Waals surface area contributed by atoms with Crippen LogP contribution in [0.1, 0.15) is 57.7 Å². The van der Waals surface area contributed by atoms with Crippen LogP contribution >= 0.6 is 0 Å². The first kappa shape index (κ1) is 29.7. The van der Waals surface area contributed by atoms with Crippen LogP contribution in [-0.2, 0) is 10.8 Å². The number of benzene rings is 3. The van der Waals surface area contributed by atoms with Gasteiger partial charge in [-0.2, -0.15) is 0 Å². The summed E-state index contributed by atoms with van der Waals surface area (Å²) in [6, 6.07) is 19.5. The standard InChI is InChI=1S/C32H44FNO3Si/c1-23(2)37-31-17-14-27(22-29(31)33)34-30-16-15-28(21-26(30)20-25-12-10-24(3)11-13-25)35-18-9-19-36-38(7,8)32(4,5)6/h10-17,21-23,34H,9,18-20H2,1-8H3. The molecule has 4 nitrogen and oxygen atoms in total. The summed E-state index contributed by atoms with van der Waals surface area (Å²) in [6.07, 6.45) is 1.48. The smallest absolute Gasteiger partial charge is 0.191 e. The lowest BCUT2D eigenvalue weighted by Gasteiger charge is -2.36. The van der Waals surface area contributed by atoms with Crippen molar-refractivity contribution in [2.75, 3.05) is 18.5 Å². The summed E-state index contributed by atoms with van der Waals surface area (Å²) < 4.78 is 32.5. The largest absolute Gasteiger partial charge is 0.493 e. The maximum absolute atomic E-state index is 14.6. The fourth-order valence-corrected chi connectivity index (χ4v) is 4.82. The second-order valence-electron chi connectivity index (χ2n) is 11.7. The van der Waals surface area contributed by atoms with Gasteiger partial charge in [-0.1, -0.05) is 50.6 Å². The molecule has 0 fully saturated rings. The van der Waals surface area contributed by atoms with E-state index in [4.69, 9.17) is 13.9 Å². The topological polar surface area (TPSA) is 39.7 Å². The first-order chi connectivity index (χ1) is 17.8. The zero-order valence-corrected chi connectivity index (χ0v) is 25.3. The maximum Gasteiger partial charge on any atom is 0.191 e. The van der Waals surface area contributed by atoms with Crippen molar-refractivity contribution in [3.8, 4) is 11.5 Å². The number of ether oxygens (including phenoxy) is 2. The Bertz CT molecular complexity index is 1190. The lowest BCUT2D eigenvalue weighted by atomic mass is 10.0. The van der Waals surface area contributed by atoms with E-state index in [2.05, 4.69) is 76.4 Å².